The van der Waals surface area contributed by atoms with Crippen molar-refractivity contribution in [3.63, 3.8) is 0 Å². The molecule has 1 N–H and O–H groups in total. The van der Waals surface area contributed by atoms with Crippen LogP contribution in [-0.2, 0) is 10.8 Å². The molecule has 1 aliphatic heterocycles. The SMILES string of the molecule is CC1C(NC2CC2)c2ccc(F)cc2S(=O)C1C. The molecule has 1 saturated carbocycles. The van der Waals surface area contributed by atoms with Gasteiger partial charge in [-0.1, -0.05) is 19.9 Å². The Hall–Kier alpha value is -0.740. The number of nitrogens with one attached hydrogen (secondary N) is 1. The summed E-state index contributed by atoms with van der Waals surface area (Å²) >= 11 is 0. The minimum Gasteiger partial charge on any atom is -0.307 e. The Morgan fingerprint density at radius 2 is 2.06 bits per heavy atom. The van der Waals surface area contributed by atoms with Gasteiger partial charge in [-0.05, 0) is 36.5 Å². The van der Waals surface area contributed by atoms with E-state index in [1.807, 2.05) is 6.92 Å². The average Bonchev–Trinajstić information content (AvgIpc) is 3.16. The van der Waals surface area contributed by atoms with E-state index in [1.54, 1.807) is 6.07 Å². The highest BCUT2D eigenvalue weighted by Gasteiger charge is 2.38. The van der Waals surface area contributed by atoms with E-state index in [4.69, 9.17) is 0 Å². The van der Waals surface area contributed by atoms with Crippen LogP contribution in [-0.4, -0.2) is 15.5 Å². The fraction of sp³-hybridized carbons (Fsp3) is 0.571. The van der Waals surface area contributed by atoms with Crippen molar-refractivity contribution in [3.8, 4) is 0 Å². The van der Waals surface area contributed by atoms with Crippen molar-refractivity contribution in [1.29, 1.82) is 0 Å². The summed E-state index contributed by atoms with van der Waals surface area (Å²) < 4.78 is 25.7. The van der Waals surface area contributed by atoms with Crippen LogP contribution in [0.2, 0.25) is 0 Å². The van der Waals surface area contributed by atoms with Crippen LogP contribution in [0, 0.1) is 11.7 Å². The van der Waals surface area contributed by atoms with E-state index in [-0.39, 0.29) is 17.1 Å². The Bertz CT molecular complexity index is 501. The number of hydrogen-bond donors (Lipinski definition) is 1. The van der Waals surface area contributed by atoms with Crippen molar-refractivity contribution in [2.24, 2.45) is 5.92 Å². The summed E-state index contributed by atoms with van der Waals surface area (Å²) in [5, 5.41) is 3.68. The molecule has 0 aromatic heterocycles. The van der Waals surface area contributed by atoms with Gasteiger partial charge in [0.05, 0.1) is 10.8 Å². The van der Waals surface area contributed by atoms with Gasteiger partial charge in [-0.2, -0.15) is 0 Å². The molecule has 1 aliphatic carbocycles. The molecule has 0 saturated heterocycles. The molecule has 1 aromatic carbocycles. The molecular weight excluding hydrogens is 249 g/mol. The lowest BCUT2D eigenvalue weighted by atomic mass is 9.91. The number of halogens is 1. The van der Waals surface area contributed by atoms with E-state index in [0.29, 0.717) is 16.9 Å². The second kappa shape index (κ2) is 4.42. The minimum absolute atomic E-state index is 0.0653. The summed E-state index contributed by atoms with van der Waals surface area (Å²) in [4.78, 5) is 0.679. The van der Waals surface area contributed by atoms with Gasteiger partial charge in [-0.3, -0.25) is 4.21 Å². The first-order valence-corrected chi connectivity index (χ1v) is 7.75. The van der Waals surface area contributed by atoms with Gasteiger partial charge >= 0.3 is 0 Å². The van der Waals surface area contributed by atoms with Crippen molar-refractivity contribution < 1.29 is 8.60 Å². The molecule has 1 heterocycles. The summed E-state index contributed by atoms with van der Waals surface area (Å²) in [7, 11) is -1.10. The monoisotopic (exact) mass is 267 g/mol. The van der Waals surface area contributed by atoms with Crippen LogP contribution in [0.15, 0.2) is 23.1 Å². The van der Waals surface area contributed by atoms with Gasteiger partial charge in [0.25, 0.3) is 0 Å². The molecule has 1 aromatic rings. The molecule has 4 atom stereocenters. The lowest BCUT2D eigenvalue weighted by Gasteiger charge is -2.36. The smallest absolute Gasteiger partial charge is 0.124 e. The first-order valence-electron chi connectivity index (χ1n) is 6.54. The molecule has 4 heteroatoms. The molecule has 0 amide bonds. The third-order valence-corrected chi connectivity index (χ3v) is 6.02. The van der Waals surface area contributed by atoms with E-state index < -0.39 is 10.8 Å². The maximum Gasteiger partial charge on any atom is 0.124 e. The van der Waals surface area contributed by atoms with Crippen LogP contribution in [0.25, 0.3) is 0 Å². The van der Waals surface area contributed by atoms with E-state index in [9.17, 15) is 8.60 Å². The number of rotatable bonds is 2. The van der Waals surface area contributed by atoms with Crippen molar-refractivity contribution >= 4 is 10.8 Å². The lowest BCUT2D eigenvalue weighted by molar-refractivity contribution is 0.363. The molecular formula is C14H18FNOS. The summed E-state index contributed by atoms with van der Waals surface area (Å²) in [6, 6.07) is 5.51. The van der Waals surface area contributed by atoms with Gasteiger partial charge in [0.1, 0.15) is 5.82 Å². The van der Waals surface area contributed by atoms with Crippen molar-refractivity contribution in [3.05, 3.63) is 29.6 Å². The van der Waals surface area contributed by atoms with Gasteiger partial charge in [-0.15, -0.1) is 0 Å². The molecule has 2 nitrogen and oxygen atoms in total. The van der Waals surface area contributed by atoms with Gasteiger partial charge < -0.3 is 5.32 Å². The number of fused-ring (bicyclic) bond motifs is 1. The largest absolute Gasteiger partial charge is 0.307 e. The molecule has 4 unspecified atom stereocenters. The molecule has 0 spiro atoms. The zero-order valence-corrected chi connectivity index (χ0v) is 11.5. The third kappa shape index (κ3) is 2.01. The topological polar surface area (TPSA) is 29.1 Å². The van der Waals surface area contributed by atoms with E-state index in [0.717, 1.165) is 5.56 Å². The van der Waals surface area contributed by atoms with E-state index in [2.05, 4.69) is 12.2 Å². The Morgan fingerprint density at radius 3 is 2.72 bits per heavy atom. The maximum atomic E-state index is 13.3. The quantitative estimate of drug-likeness (QED) is 0.892. The molecule has 98 valence electrons. The van der Waals surface area contributed by atoms with Gasteiger partial charge in [-0.25, -0.2) is 4.39 Å². The van der Waals surface area contributed by atoms with Gasteiger partial charge in [0, 0.05) is 22.2 Å². The first-order chi connectivity index (χ1) is 8.58. The molecule has 1 fully saturated rings. The fourth-order valence-corrected chi connectivity index (χ4v) is 4.24. The van der Waals surface area contributed by atoms with Crippen molar-refractivity contribution in [1.82, 2.24) is 5.32 Å². The zero-order chi connectivity index (χ0) is 12.9. The zero-order valence-electron chi connectivity index (χ0n) is 10.7. The Kier molecular flexibility index (Phi) is 3.02. The van der Waals surface area contributed by atoms with Gasteiger partial charge in [0.15, 0.2) is 0 Å². The van der Waals surface area contributed by atoms with Crippen LogP contribution in [0.3, 0.4) is 0 Å². The lowest BCUT2D eigenvalue weighted by Crippen LogP contribution is -2.40. The number of benzene rings is 1. The minimum atomic E-state index is -1.10. The summed E-state index contributed by atoms with van der Waals surface area (Å²) in [5.74, 6) is 0.0124. The maximum absolute atomic E-state index is 13.3. The van der Waals surface area contributed by atoms with E-state index in [1.165, 1.54) is 25.0 Å². The molecule has 0 radical (unpaired) electrons. The van der Waals surface area contributed by atoms with Crippen LogP contribution in [0.1, 0.15) is 38.3 Å². The van der Waals surface area contributed by atoms with Crippen molar-refractivity contribution in [2.75, 3.05) is 0 Å². The summed E-state index contributed by atoms with van der Waals surface area (Å²) in [6.07, 6.45) is 2.44. The van der Waals surface area contributed by atoms with Crippen LogP contribution in [0.5, 0.6) is 0 Å². The average molecular weight is 267 g/mol. The fourth-order valence-electron chi connectivity index (χ4n) is 2.63. The van der Waals surface area contributed by atoms with Crippen LogP contribution >= 0.6 is 0 Å². The first kappa shape index (κ1) is 12.3. The molecule has 0 bridgehead atoms. The Balaban J connectivity index is 2.03. The molecule has 18 heavy (non-hydrogen) atoms. The molecule has 3 rings (SSSR count). The summed E-state index contributed by atoms with van der Waals surface area (Å²) in [6.45, 7) is 4.13. The second-order valence-electron chi connectivity index (χ2n) is 5.46. The Morgan fingerprint density at radius 1 is 1.33 bits per heavy atom. The van der Waals surface area contributed by atoms with Crippen LogP contribution in [0.4, 0.5) is 4.39 Å². The third-order valence-electron chi connectivity index (χ3n) is 4.12. The predicted molar refractivity (Wildman–Crippen MR) is 70.3 cm³/mol. The predicted octanol–water partition coefficient (Wildman–Crippen LogP) is 2.76. The Labute approximate surface area is 109 Å². The second-order valence-corrected chi connectivity index (χ2v) is 7.24. The summed E-state index contributed by atoms with van der Waals surface area (Å²) in [5.41, 5.74) is 1.02. The normalized spacial score (nSPS) is 35.3. The van der Waals surface area contributed by atoms with E-state index >= 15 is 0 Å². The number of hydrogen-bond acceptors (Lipinski definition) is 2. The molecule has 2 aliphatic rings. The van der Waals surface area contributed by atoms with Crippen molar-refractivity contribution in [2.45, 2.75) is 48.9 Å². The standard InChI is InChI=1S/C14H18FNOS/c1-8-9(2)18(17)13-7-10(15)3-6-12(13)14(8)16-11-4-5-11/h3,6-9,11,14,16H,4-5H2,1-2H3. The van der Waals surface area contributed by atoms with Crippen LogP contribution < -0.4 is 5.32 Å². The highest BCUT2D eigenvalue weighted by atomic mass is 32.2. The highest BCUT2D eigenvalue weighted by molar-refractivity contribution is 7.85. The van der Waals surface area contributed by atoms with Gasteiger partial charge in [0.2, 0.25) is 0 Å². The highest BCUT2D eigenvalue weighted by Crippen LogP contribution is 2.40.